The van der Waals surface area contributed by atoms with E-state index in [1.165, 1.54) is 0 Å². The van der Waals surface area contributed by atoms with Crippen molar-refractivity contribution >= 4 is 6.29 Å². The van der Waals surface area contributed by atoms with Crippen molar-refractivity contribution in [2.24, 2.45) is 7.05 Å². The van der Waals surface area contributed by atoms with Crippen molar-refractivity contribution in [3.63, 3.8) is 0 Å². The zero-order valence-electron chi connectivity index (χ0n) is 6.45. The van der Waals surface area contributed by atoms with Crippen LogP contribution in [0.5, 0.6) is 0 Å². The summed E-state index contributed by atoms with van der Waals surface area (Å²) in [6, 6.07) is 0. The quantitative estimate of drug-likeness (QED) is 0.580. The van der Waals surface area contributed by atoms with Gasteiger partial charge in [0.05, 0.1) is 11.6 Å². The second-order valence-corrected chi connectivity index (χ2v) is 3.18. The van der Waals surface area contributed by atoms with E-state index in [9.17, 15) is 4.79 Å². The maximum absolute atomic E-state index is 10.7. The van der Waals surface area contributed by atoms with Gasteiger partial charge in [0.25, 0.3) is 0 Å². The Labute approximate surface area is 65.0 Å². The molecule has 1 aliphatic rings. The molecular weight excluding hydrogens is 140 g/mol. The fourth-order valence-corrected chi connectivity index (χ4v) is 1.29. The lowest BCUT2D eigenvalue weighted by molar-refractivity contribution is -0.109. The Bertz CT molecular complexity index is 286. The maximum atomic E-state index is 10.7. The number of hydrogen-bond acceptors (Lipinski definition) is 2. The van der Waals surface area contributed by atoms with Gasteiger partial charge < -0.3 is 4.79 Å². The van der Waals surface area contributed by atoms with Crippen molar-refractivity contribution < 1.29 is 4.79 Å². The molecule has 0 radical (unpaired) electrons. The molecule has 58 valence electrons. The summed E-state index contributed by atoms with van der Waals surface area (Å²) in [6.07, 6.45) is 6.72. The summed E-state index contributed by atoms with van der Waals surface area (Å²) in [5, 5.41) is 4.03. The molecule has 3 nitrogen and oxygen atoms in total. The van der Waals surface area contributed by atoms with Crippen molar-refractivity contribution in [2.75, 3.05) is 0 Å². The zero-order valence-corrected chi connectivity index (χ0v) is 6.45. The first-order valence-electron chi connectivity index (χ1n) is 3.72. The third-order valence-electron chi connectivity index (χ3n) is 2.29. The van der Waals surface area contributed by atoms with Crippen molar-refractivity contribution in [1.29, 1.82) is 0 Å². The molecule has 1 aliphatic carbocycles. The van der Waals surface area contributed by atoms with Crippen LogP contribution in [0.25, 0.3) is 0 Å². The van der Waals surface area contributed by atoms with Gasteiger partial charge in [0.1, 0.15) is 6.29 Å². The van der Waals surface area contributed by atoms with E-state index in [-0.39, 0.29) is 5.41 Å². The van der Waals surface area contributed by atoms with Crippen LogP contribution in [0.2, 0.25) is 0 Å². The highest BCUT2D eigenvalue weighted by atomic mass is 16.1. The summed E-state index contributed by atoms with van der Waals surface area (Å²) >= 11 is 0. The van der Waals surface area contributed by atoms with Gasteiger partial charge in [-0.25, -0.2) is 0 Å². The SMILES string of the molecule is Cn1cc(C2(C=O)CC2)cn1. The summed E-state index contributed by atoms with van der Waals surface area (Å²) in [5.41, 5.74) is 0.906. The molecule has 0 bridgehead atoms. The first-order chi connectivity index (χ1) is 5.27. The van der Waals surface area contributed by atoms with Gasteiger partial charge in [0, 0.05) is 18.8 Å². The molecule has 0 aromatic carbocycles. The minimum absolute atomic E-state index is 0.158. The van der Waals surface area contributed by atoms with Gasteiger partial charge in [0.15, 0.2) is 0 Å². The third-order valence-corrected chi connectivity index (χ3v) is 2.29. The van der Waals surface area contributed by atoms with E-state index >= 15 is 0 Å². The highest BCUT2D eigenvalue weighted by molar-refractivity contribution is 5.72. The Balaban J connectivity index is 2.36. The zero-order chi connectivity index (χ0) is 7.90. The number of hydrogen-bond donors (Lipinski definition) is 0. The Morgan fingerprint density at radius 1 is 1.73 bits per heavy atom. The molecule has 0 aliphatic heterocycles. The first kappa shape index (κ1) is 6.58. The molecule has 2 rings (SSSR count). The standard InChI is InChI=1S/C8H10N2O/c1-10-5-7(4-9-10)8(6-11)2-3-8/h4-6H,2-3H2,1H3. The van der Waals surface area contributed by atoms with Crippen LogP contribution in [0.4, 0.5) is 0 Å². The monoisotopic (exact) mass is 150 g/mol. The fourth-order valence-electron chi connectivity index (χ4n) is 1.29. The average molecular weight is 150 g/mol. The first-order valence-corrected chi connectivity index (χ1v) is 3.72. The van der Waals surface area contributed by atoms with Gasteiger partial charge in [-0.3, -0.25) is 4.68 Å². The van der Waals surface area contributed by atoms with Gasteiger partial charge in [-0.1, -0.05) is 0 Å². The molecule has 1 fully saturated rings. The smallest absolute Gasteiger partial charge is 0.130 e. The van der Waals surface area contributed by atoms with Crippen LogP contribution in [0.15, 0.2) is 12.4 Å². The Morgan fingerprint density at radius 2 is 2.45 bits per heavy atom. The number of carbonyl (C=O) groups is 1. The number of nitrogens with zero attached hydrogens (tertiary/aromatic N) is 2. The van der Waals surface area contributed by atoms with E-state index in [0.717, 1.165) is 24.7 Å². The van der Waals surface area contributed by atoms with Gasteiger partial charge in [-0.05, 0) is 12.8 Å². The summed E-state index contributed by atoms with van der Waals surface area (Å²) in [5.74, 6) is 0. The number of aromatic nitrogens is 2. The van der Waals surface area contributed by atoms with Crippen LogP contribution in [0.3, 0.4) is 0 Å². The molecule has 0 spiro atoms. The predicted molar refractivity (Wildman–Crippen MR) is 40.2 cm³/mol. The van der Waals surface area contributed by atoms with Crippen LogP contribution in [-0.2, 0) is 17.3 Å². The minimum atomic E-state index is -0.158. The minimum Gasteiger partial charge on any atom is -0.302 e. The van der Waals surface area contributed by atoms with Crippen LogP contribution >= 0.6 is 0 Å². The Hall–Kier alpha value is -1.12. The van der Waals surface area contributed by atoms with E-state index in [4.69, 9.17) is 0 Å². The fraction of sp³-hybridized carbons (Fsp3) is 0.500. The van der Waals surface area contributed by atoms with Gasteiger partial charge >= 0.3 is 0 Å². The molecule has 1 heterocycles. The lowest BCUT2D eigenvalue weighted by atomic mass is 10.0. The largest absolute Gasteiger partial charge is 0.302 e. The number of carbonyl (C=O) groups excluding carboxylic acids is 1. The lowest BCUT2D eigenvalue weighted by Crippen LogP contribution is -2.05. The molecule has 1 aromatic rings. The second kappa shape index (κ2) is 1.94. The van der Waals surface area contributed by atoms with Crippen molar-refractivity contribution in [1.82, 2.24) is 9.78 Å². The van der Waals surface area contributed by atoms with Crippen molar-refractivity contribution in [3.05, 3.63) is 18.0 Å². The number of aryl methyl sites for hydroxylation is 1. The summed E-state index contributed by atoms with van der Waals surface area (Å²) in [7, 11) is 1.87. The topological polar surface area (TPSA) is 34.9 Å². The van der Waals surface area contributed by atoms with E-state index in [1.54, 1.807) is 10.9 Å². The molecule has 11 heavy (non-hydrogen) atoms. The van der Waals surface area contributed by atoms with Crippen molar-refractivity contribution in [3.8, 4) is 0 Å². The molecule has 0 unspecified atom stereocenters. The van der Waals surface area contributed by atoms with Crippen LogP contribution in [0.1, 0.15) is 18.4 Å². The van der Waals surface area contributed by atoms with E-state index in [0.29, 0.717) is 0 Å². The van der Waals surface area contributed by atoms with E-state index in [2.05, 4.69) is 5.10 Å². The van der Waals surface area contributed by atoms with Gasteiger partial charge in [0.2, 0.25) is 0 Å². The normalized spacial score (nSPS) is 19.7. The molecule has 0 N–H and O–H groups in total. The molecule has 1 aromatic heterocycles. The molecular formula is C8H10N2O. The molecule has 1 saturated carbocycles. The molecule has 0 amide bonds. The van der Waals surface area contributed by atoms with Crippen molar-refractivity contribution in [2.45, 2.75) is 18.3 Å². The predicted octanol–water partition coefficient (Wildman–Crippen LogP) is 0.651. The highest BCUT2D eigenvalue weighted by Gasteiger charge is 2.45. The van der Waals surface area contributed by atoms with Crippen LogP contribution in [-0.4, -0.2) is 16.1 Å². The maximum Gasteiger partial charge on any atom is 0.130 e. The summed E-state index contributed by atoms with van der Waals surface area (Å²) in [6.45, 7) is 0. The lowest BCUT2D eigenvalue weighted by Gasteiger charge is -1.99. The van der Waals surface area contributed by atoms with Crippen LogP contribution < -0.4 is 0 Å². The van der Waals surface area contributed by atoms with Gasteiger partial charge in [-0.15, -0.1) is 0 Å². The second-order valence-electron chi connectivity index (χ2n) is 3.18. The van der Waals surface area contributed by atoms with Gasteiger partial charge in [-0.2, -0.15) is 5.10 Å². The number of aldehydes is 1. The van der Waals surface area contributed by atoms with E-state index in [1.807, 2.05) is 13.2 Å². The molecule has 0 atom stereocenters. The highest BCUT2D eigenvalue weighted by Crippen LogP contribution is 2.45. The molecule has 3 heteroatoms. The third kappa shape index (κ3) is 0.878. The summed E-state index contributed by atoms with van der Waals surface area (Å²) in [4.78, 5) is 10.7. The molecule has 0 saturated heterocycles. The summed E-state index contributed by atoms with van der Waals surface area (Å²) < 4.78 is 1.74. The van der Waals surface area contributed by atoms with E-state index < -0.39 is 0 Å². The Morgan fingerprint density at radius 3 is 2.82 bits per heavy atom. The number of rotatable bonds is 2. The van der Waals surface area contributed by atoms with Crippen LogP contribution in [0, 0.1) is 0 Å². The average Bonchev–Trinajstić information content (AvgIpc) is 2.70. The Kier molecular flexibility index (Phi) is 1.16.